The van der Waals surface area contributed by atoms with Crippen molar-refractivity contribution in [1.29, 1.82) is 0 Å². The maximum atomic E-state index is 11.2. The maximum absolute atomic E-state index is 11.2. The molecule has 3 heteroatoms. The zero-order chi connectivity index (χ0) is 13.4. The molecule has 1 rings (SSSR count). The minimum absolute atomic E-state index is 0.0366. The quantitative estimate of drug-likeness (QED) is 0.596. The molecular formula is C15H23NO2. The largest absolute Gasteiger partial charge is 0.465 e. The molecule has 0 saturated carbocycles. The Bertz CT molecular complexity index is 357. The smallest absolute Gasteiger partial charge is 0.308 e. The predicted octanol–water partition coefficient (Wildman–Crippen LogP) is 2.67. The lowest BCUT2D eigenvalue weighted by atomic mass is 10.1. The van der Waals surface area contributed by atoms with Gasteiger partial charge in [0.1, 0.15) is 0 Å². The third kappa shape index (κ3) is 5.82. The van der Waals surface area contributed by atoms with Gasteiger partial charge in [-0.25, -0.2) is 0 Å². The van der Waals surface area contributed by atoms with Crippen LogP contribution in [0.1, 0.15) is 31.4 Å². The summed E-state index contributed by atoms with van der Waals surface area (Å²) in [5.41, 5.74) is 2.55. The van der Waals surface area contributed by atoms with Crippen molar-refractivity contribution in [3.63, 3.8) is 0 Å². The molecule has 0 amide bonds. The monoisotopic (exact) mass is 249 g/mol. The Hall–Kier alpha value is -1.35. The topological polar surface area (TPSA) is 38.3 Å². The highest BCUT2D eigenvalue weighted by Gasteiger charge is 2.06. The summed E-state index contributed by atoms with van der Waals surface area (Å²) in [6.07, 6.45) is 0.852. The van der Waals surface area contributed by atoms with Gasteiger partial charge in [0.25, 0.3) is 0 Å². The van der Waals surface area contributed by atoms with Crippen molar-refractivity contribution < 1.29 is 9.53 Å². The SMILES string of the molecule is Cc1ccc(CNCCCOC(=O)C(C)C)cc1. The molecular weight excluding hydrogens is 226 g/mol. The van der Waals surface area contributed by atoms with Crippen LogP contribution in [0.2, 0.25) is 0 Å². The van der Waals surface area contributed by atoms with E-state index in [1.807, 2.05) is 13.8 Å². The fraction of sp³-hybridized carbons (Fsp3) is 0.533. The Balaban J connectivity index is 2.05. The number of rotatable bonds is 7. The van der Waals surface area contributed by atoms with Crippen molar-refractivity contribution in [3.05, 3.63) is 35.4 Å². The van der Waals surface area contributed by atoms with Gasteiger partial charge in [-0.05, 0) is 25.5 Å². The van der Waals surface area contributed by atoms with Crippen molar-refractivity contribution in [2.75, 3.05) is 13.2 Å². The summed E-state index contributed by atoms with van der Waals surface area (Å²) in [5, 5.41) is 3.33. The Morgan fingerprint density at radius 1 is 1.28 bits per heavy atom. The lowest BCUT2D eigenvalue weighted by molar-refractivity contribution is -0.147. The van der Waals surface area contributed by atoms with Gasteiger partial charge in [0.15, 0.2) is 0 Å². The summed E-state index contributed by atoms with van der Waals surface area (Å²) in [6.45, 7) is 7.99. The number of hydrogen-bond acceptors (Lipinski definition) is 3. The van der Waals surface area contributed by atoms with Crippen LogP contribution in [0.25, 0.3) is 0 Å². The average Bonchev–Trinajstić information content (AvgIpc) is 2.35. The van der Waals surface area contributed by atoms with Crippen molar-refractivity contribution in [1.82, 2.24) is 5.32 Å². The van der Waals surface area contributed by atoms with E-state index in [-0.39, 0.29) is 11.9 Å². The van der Waals surface area contributed by atoms with E-state index in [4.69, 9.17) is 4.74 Å². The summed E-state index contributed by atoms with van der Waals surface area (Å²) in [5.74, 6) is -0.154. The van der Waals surface area contributed by atoms with E-state index in [2.05, 4.69) is 36.5 Å². The van der Waals surface area contributed by atoms with Crippen LogP contribution in [0, 0.1) is 12.8 Å². The minimum Gasteiger partial charge on any atom is -0.465 e. The van der Waals surface area contributed by atoms with Crippen LogP contribution in [0.4, 0.5) is 0 Å². The number of ether oxygens (including phenoxy) is 1. The highest BCUT2D eigenvalue weighted by Crippen LogP contribution is 2.02. The molecule has 1 N–H and O–H groups in total. The number of nitrogens with one attached hydrogen (secondary N) is 1. The van der Waals surface area contributed by atoms with Crippen LogP contribution in [0.5, 0.6) is 0 Å². The molecule has 0 heterocycles. The van der Waals surface area contributed by atoms with E-state index in [1.165, 1.54) is 11.1 Å². The van der Waals surface area contributed by atoms with E-state index in [0.717, 1.165) is 19.5 Å². The second-order valence-corrected chi connectivity index (χ2v) is 4.84. The van der Waals surface area contributed by atoms with Crippen molar-refractivity contribution >= 4 is 5.97 Å². The Kier molecular flexibility index (Phi) is 6.44. The maximum Gasteiger partial charge on any atom is 0.308 e. The van der Waals surface area contributed by atoms with Gasteiger partial charge < -0.3 is 10.1 Å². The molecule has 0 atom stereocenters. The van der Waals surface area contributed by atoms with Gasteiger partial charge >= 0.3 is 5.97 Å². The second kappa shape index (κ2) is 7.88. The van der Waals surface area contributed by atoms with E-state index in [1.54, 1.807) is 0 Å². The van der Waals surface area contributed by atoms with Crippen LogP contribution >= 0.6 is 0 Å². The van der Waals surface area contributed by atoms with Gasteiger partial charge in [-0.3, -0.25) is 4.79 Å². The lowest BCUT2D eigenvalue weighted by Gasteiger charge is -2.08. The number of aryl methyl sites for hydroxylation is 1. The first-order valence-electron chi connectivity index (χ1n) is 6.52. The molecule has 0 bridgehead atoms. The molecule has 1 aromatic carbocycles. The van der Waals surface area contributed by atoms with Crippen LogP contribution in [0.3, 0.4) is 0 Å². The highest BCUT2D eigenvalue weighted by atomic mass is 16.5. The first kappa shape index (κ1) is 14.7. The molecule has 0 aliphatic heterocycles. The molecule has 0 saturated heterocycles. The number of esters is 1. The molecule has 0 aromatic heterocycles. The van der Waals surface area contributed by atoms with E-state index in [0.29, 0.717) is 6.61 Å². The number of hydrogen-bond donors (Lipinski definition) is 1. The first-order valence-corrected chi connectivity index (χ1v) is 6.52. The molecule has 0 aliphatic rings. The molecule has 0 radical (unpaired) electrons. The average molecular weight is 249 g/mol. The zero-order valence-electron chi connectivity index (χ0n) is 11.5. The van der Waals surface area contributed by atoms with Gasteiger partial charge in [0.05, 0.1) is 12.5 Å². The molecule has 1 aromatic rings. The Morgan fingerprint density at radius 3 is 2.56 bits per heavy atom. The first-order chi connectivity index (χ1) is 8.59. The fourth-order valence-corrected chi connectivity index (χ4v) is 1.48. The summed E-state index contributed by atoms with van der Waals surface area (Å²) >= 11 is 0. The van der Waals surface area contributed by atoms with Crippen molar-refractivity contribution in [3.8, 4) is 0 Å². The summed E-state index contributed by atoms with van der Waals surface area (Å²) in [7, 11) is 0. The highest BCUT2D eigenvalue weighted by molar-refractivity contribution is 5.71. The van der Waals surface area contributed by atoms with E-state index < -0.39 is 0 Å². The third-order valence-corrected chi connectivity index (χ3v) is 2.66. The van der Waals surface area contributed by atoms with Crippen molar-refractivity contribution in [2.24, 2.45) is 5.92 Å². The summed E-state index contributed by atoms with van der Waals surface area (Å²) in [6, 6.07) is 8.48. The van der Waals surface area contributed by atoms with Gasteiger partial charge in [0, 0.05) is 6.54 Å². The molecule has 0 unspecified atom stereocenters. The van der Waals surface area contributed by atoms with Crippen LogP contribution in [-0.2, 0) is 16.1 Å². The van der Waals surface area contributed by atoms with Gasteiger partial charge in [-0.2, -0.15) is 0 Å². The number of carbonyl (C=O) groups is 1. The Labute approximate surface area is 110 Å². The summed E-state index contributed by atoms with van der Waals surface area (Å²) in [4.78, 5) is 11.2. The lowest BCUT2D eigenvalue weighted by Crippen LogP contribution is -2.18. The summed E-state index contributed by atoms with van der Waals surface area (Å²) < 4.78 is 5.09. The standard InChI is InChI=1S/C15H23NO2/c1-12(2)15(17)18-10-4-9-16-11-14-7-5-13(3)6-8-14/h5-8,12,16H,4,9-11H2,1-3H3. The van der Waals surface area contributed by atoms with Crippen LogP contribution in [0.15, 0.2) is 24.3 Å². The predicted molar refractivity (Wildman–Crippen MR) is 73.3 cm³/mol. The zero-order valence-corrected chi connectivity index (χ0v) is 11.5. The molecule has 0 spiro atoms. The van der Waals surface area contributed by atoms with E-state index >= 15 is 0 Å². The number of benzene rings is 1. The van der Waals surface area contributed by atoms with Crippen molar-refractivity contribution in [2.45, 2.75) is 33.7 Å². The normalized spacial score (nSPS) is 10.7. The molecule has 0 fully saturated rings. The minimum atomic E-state index is -0.117. The Morgan fingerprint density at radius 2 is 1.94 bits per heavy atom. The fourth-order valence-electron chi connectivity index (χ4n) is 1.48. The van der Waals surface area contributed by atoms with Gasteiger partial charge in [-0.1, -0.05) is 43.7 Å². The third-order valence-electron chi connectivity index (χ3n) is 2.66. The van der Waals surface area contributed by atoms with Gasteiger partial charge in [-0.15, -0.1) is 0 Å². The van der Waals surface area contributed by atoms with Crippen LogP contribution < -0.4 is 5.32 Å². The van der Waals surface area contributed by atoms with E-state index in [9.17, 15) is 4.79 Å². The molecule has 3 nitrogen and oxygen atoms in total. The van der Waals surface area contributed by atoms with Gasteiger partial charge in [0.2, 0.25) is 0 Å². The molecule has 100 valence electrons. The number of carbonyl (C=O) groups excluding carboxylic acids is 1. The second-order valence-electron chi connectivity index (χ2n) is 4.84. The van der Waals surface area contributed by atoms with Crippen LogP contribution in [-0.4, -0.2) is 19.1 Å². The molecule has 18 heavy (non-hydrogen) atoms. The molecule has 0 aliphatic carbocycles.